The van der Waals surface area contributed by atoms with Gasteiger partial charge in [-0.1, -0.05) is 0 Å². The first kappa shape index (κ1) is 11.3. The van der Waals surface area contributed by atoms with Crippen LogP contribution in [0.15, 0.2) is 0 Å². The van der Waals surface area contributed by atoms with Crippen molar-refractivity contribution in [3.63, 3.8) is 0 Å². The van der Waals surface area contributed by atoms with Gasteiger partial charge in [0.15, 0.2) is 0 Å². The average Bonchev–Trinajstić information content (AvgIpc) is 2.03. The van der Waals surface area contributed by atoms with Gasteiger partial charge in [0.25, 0.3) is 6.43 Å². The van der Waals surface area contributed by atoms with Crippen molar-refractivity contribution in [2.45, 2.75) is 19.3 Å². The zero-order chi connectivity index (χ0) is 9.40. The molecule has 0 aliphatic carbocycles. The highest BCUT2D eigenvalue weighted by Crippen LogP contribution is 1.96. The first-order valence-electron chi connectivity index (χ1n) is 3.59. The van der Waals surface area contributed by atoms with E-state index < -0.39 is 13.0 Å². The summed E-state index contributed by atoms with van der Waals surface area (Å²) in [5.74, 6) is -0.351. The fraction of sp³-hybridized carbons (Fsp3) is 0.857. The zero-order valence-corrected chi connectivity index (χ0v) is 6.89. The van der Waals surface area contributed by atoms with Crippen LogP contribution in [0.4, 0.5) is 8.78 Å². The van der Waals surface area contributed by atoms with E-state index in [9.17, 15) is 13.6 Å². The Morgan fingerprint density at radius 2 is 2.17 bits per heavy atom. The molecule has 0 N–H and O–H groups in total. The first-order chi connectivity index (χ1) is 5.66. The van der Waals surface area contributed by atoms with Crippen LogP contribution in [0.1, 0.15) is 12.8 Å². The van der Waals surface area contributed by atoms with E-state index in [1.165, 1.54) is 7.11 Å². The smallest absolute Gasteiger partial charge is 0.305 e. The number of hydrogen-bond donors (Lipinski definition) is 0. The van der Waals surface area contributed by atoms with Crippen molar-refractivity contribution in [3.05, 3.63) is 0 Å². The van der Waals surface area contributed by atoms with Crippen molar-refractivity contribution in [3.8, 4) is 0 Å². The molecular formula is C7H12F2O3. The third-order valence-corrected chi connectivity index (χ3v) is 1.14. The molecule has 0 aliphatic heterocycles. The van der Waals surface area contributed by atoms with Gasteiger partial charge in [0.1, 0.15) is 6.61 Å². The van der Waals surface area contributed by atoms with Gasteiger partial charge in [-0.2, -0.15) is 0 Å². The molecule has 0 rings (SSSR count). The van der Waals surface area contributed by atoms with Gasteiger partial charge >= 0.3 is 5.97 Å². The predicted octanol–water partition coefficient (Wildman–Crippen LogP) is 1.22. The van der Waals surface area contributed by atoms with E-state index in [2.05, 4.69) is 9.47 Å². The third-order valence-electron chi connectivity index (χ3n) is 1.14. The highest BCUT2D eigenvalue weighted by atomic mass is 19.3. The van der Waals surface area contributed by atoms with E-state index in [-0.39, 0.29) is 19.0 Å². The number of halogens is 2. The predicted molar refractivity (Wildman–Crippen MR) is 38.1 cm³/mol. The molecule has 5 heteroatoms. The van der Waals surface area contributed by atoms with Crippen molar-refractivity contribution < 1.29 is 23.0 Å². The van der Waals surface area contributed by atoms with Crippen molar-refractivity contribution in [1.29, 1.82) is 0 Å². The van der Waals surface area contributed by atoms with Gasteiger partial charge in [-0.25, -0.2) is 8.78 Å². The Hall–Kier alpha value is -0.710. The lowest BCUT2D eigenvalue weighted by Crippen LogP contribution is -2.07. The highest BCUT2D eigenvalue weighted by molar-refractivity contribution is 5.68. The summed E-state index contributed by atoms with van der Waals surface area (Å²) in [7, 11) is 1.28. The van der Waals surface area contributed by atoms with Gasteiger partial charge in [0, 0.05) is 13.0 Å². The fourth-order valence-electron chi connectivity index (χ4n) is 0.593. The Labute approximate surface area is 69.6 Å². The molecule has 0 amide bonds. The monoisotopic (exact) mass is 182 g/mol. The van der Waals surface area contributed by atoms with E-state index in [1.807, 2.05) is 0 Å². The molecule has 0 unspecified atom stereocenters. The maximum atomic E-state index is 11.5. The molecule has 72 valence electrons. The van der Waals surface area contributed by atoms with Gasteiger partial charge < -0.3 is 9.47 Å². The molecule has 0 atom stereocenters. The van der Waals surface area contributed by atoms with Crippen LogP contribution in [0.25, 0.3) is 0 Å². The molecule has 0 saturated carbocycles. The molecule has 0 radical (unpaired) electrons. The van der Waals surface area contributed by atoms with Crippen LogP contribution < -0.4 is 0 Å². The SMILES string of the molecule is COC(=O)CCCOCC(F)F. The number of hydrogen-bond acceptors (Lipinski definition) is 3. The standard InChI is InChI=1S/C7H12F2O3/c1-11-7(10)3-2-4-12-5-6(8)9/h6H,2-5H2,1H3. The number of ether oxygens (including phenoxy) is 2. The maximum absolute atomic E-state index is 11.5. The molecule has 0 spiro atoms. The van der Waals surface area contributed by atoms with Gasteiger partial charge in [0.2, 0.25) is 0 Å². The largest absolute Gasteiger partial charge is 0.469 e. The highest BCUT2D eigenvalue weighted by Gasteiger charge is 2.02. The number of carbonyl (C=O) groups excluding carboxylic acids is 1. The summed E-state index contributed by atoms with van der Waals surface area (Å²) in [6.07, 6.45) is -1.82. The Morgan fingerprint density at radius 1 is 1.50 bits per heavy atom. The van der Waals surface area contributed by atoms with Crippen molar-refractivity contribution in [2.24, 2.45) is 0 Å². The van der Waals surface area contributed by atoms with Crippen LogP contribution in [0, 0.1) is 0 Å². The van der Waals surface area contributed by atoms with Gasteiger partial charge in [-0.15, -0.1) is 0 Å². The second kappa shape index (κ2) is 6.97. The Kier molecular flexibility index (Phi) is 6.55. The van der Waals surface area contributed by atoms with Crippen LogP contribution in [-0.2, 0) is 14.3 Å². The summed E-state index contributed by atoms with van der Waals surface area (Å²) in [5, 5.41) is 0. The summed E-state index contributed by atoms with van der Waals surface area (Å²) in [4.78, 5) is 10.5. The minimum absolute atomic E-state index is 0.166. The molecule has 12 heavy (non-hydrogen) atoms. The molecule has 0 saturated heterocycles. The Morgan fingerprint density at radius 3 is 2.67 bits per heavy atom. The van der Waals surface area contributed by atoms with E-state index in [4.69, 9.17) is 0 Å². The van der Waals surface area contributed by atoms with Crippen LogP contribution in [-0.4, -0.2) is 32.7 Å². The lowest BCUT2D eigenvalue weighted by molar-refractivity contribution is -0.141. The molecular weight excluding hydrogens is 170 g/mol. The van der Waals surface area contributed by atoms with Crippen LogP contribution in [0.2, 0.25) is 0 Å². The second-order valence-electron chi connectivity index (χ2n) is 2.15. The molecule has 0 aromatic heterocycles. The normalized spacial score (nSPS) is 10.3. The summed E-state index contributed by atoms with van der Waals surface area (Å²) >= 11 is 0. The summed E-state index contributed by atoms with van der Waals surface area (Å²) in [6.45, 7) is -0.402. The summed E-state index contributed by atoms with van der Waals surface area (Å²) in [6, 6.07) is 0. The topological polar surface area (TPSA) is 35.5 Å². The molecule has 0 aromatic rings. The Balaban J connectivity index is 3.05. The van der Waals surface area contributed by atoms with Crippen LogP contribution >= 0.6 is 0 Å². The van der Waals surface area contributed by atoms with Crippen molar-refractivity contribution in [2.75, 3.05) is 20.3 Å². The maximum Gasteiger partial charge on any atom is 0.305 e. The summed E-state index contributed by atoms with van der Waals surface area (Å²) in [5.41, 5.74) is 0. The number of alkyl halides is 2. The fourth-order valence-corrected chi connectivity index (χ4v) is 0.593. The van der Waals surface area contributed by atoms with E-state index >= 15 is 0 Å². The molecule has 0 fully saturated rings. The lowest BCUT2D eigenvalue weighted by Gasteiger charge is -2.01. The minimum Gasteiger partial charge on any atom is -0.469 e. The number of rotatable bonds is 6. The van der Waals surface area contributed by atoms with Crippen LogP contribution in [0.3, 0.4) is 0 Å². The molecule has 3 nitrogen and oxygen atoms in total. The second-order valence-corrected chi connectivity index (χ2v) is 2.15. The zero-order valence-electron chi connectivity index (χ0n) is 6.89. The number of methoxy groups -OCH3 is 1. The average molecular weight is 182 g/mol. The minimum atomic E-state index is -2.44. The van der Waals surface area contributed by atoms with Gasteiger partial charge in [0.05, 0.1) is 7.11 Å². The van der Waals surface area contributed by atoms with E-state index in [0.717, 1.165) is 0 Å². The molecule has 0 aromatic carbocycles. The van der Waals surface area contributed by atoms with Crippen LogP contribution in [0.5, 0.6) is 0 Å². The molecule has 0 aliphatic rings. The first-order valence-corrected chi connectivity index (χ1v) is 3.59. The molecule has 0 bridgehead atoms. The quantitative estimate of drug-likeness (QED) is 0.457. The summed E-state index contributed by atoms with van der Waals surface area (Å²) < 4.78 is 31.8. The Bertz CT molecular complexity index is 128. The van der Waals surface area contributed by atoms with E-state index in [0.29, 0.717) is 6.42 Å². The number of carbonyl (C=O) groups is 1. The van der Waals surface area contributed by atoms with E-state index in [1.54, 1.807) is 0 Å². The van der Waals surface area contributed by atoms with Crippen molar-refractivity contribution >= 4 is 5.97 Å². The molecule has 0 heterocycles. The third kappa shape index (κ3) is 7.40. The number of esters is 1. The van der Waals surface area contributed by atoms with Crippen molar-refractivity contribution in [1.82, 2.24) is 0 Å². The van der Waals surface area contributed by atoms with Gasteiger partial charge in [-0.3, -0.25) is 4.79 Å². The van der Waals surface area contributed by atoms with Gasteiger partial charge in [-0.05, 0) is 6.42 Å². The lowest BCUT2D eigenvalue weighted by atomic mass is 10.3.